The fourth-order valence-corrected chi connectivity index (χ4v) is 3.00. The van der Waals surface area contributed by atoms with Gasteiger partial charge in [-0.3, -0.25) is 4.90 Å². The summed E-state index contributed by atoms with van der Waals surface area (Å²) in [5, 5.41) is 0. The van der Waals surface area contributed by atoms with Crippen LogP contribution in [0, 0.1) is 0 Å². The molecule has 2 aliphatic heterocycles. The number of rotatable bonds is 7. The Morgan fingerprint density at radius 3 is 2.25 bits per heavy atom. The number of morpholine rings is 1. The highest BCUT2D eigenvalue weighted by Gasteiger charge is 2.32. The second kappa shape index (κ2) is 6.61. The molecule has 2 bridgehead atoms. The largest absolute Gasteiger partial charge is 0.372 e. The van der Waals surface area contributed by atoms with E-state index >= 15 is 0 Å². The molecule has 0 aromatic heterocycles. The van der Waals surface area contributed by atoms with Crippen LogP contribution in [0.1, 0.15) is 58.3 Å². The summed E-state index contributed by atoms with van der Waals surface area (Å²) in [6.07, 6.45) is 12.2. The van der Waals surface area contributed by atoms with E-state index in [9.17, 15) is 0 Å². The molecule has 2 rings (SSSR count). The van der Waals surface area contributed by atoms with Crippen molar-refractivity contribution in [3.8, 4) is 0 Å². The second-order valence-corrected chi connectivity index (χ2v) is 5.48. The van der Waals surface area contributed by atoms with Crippen LogP contribution in [0.2, 0.25) is 0 Å². The van der Waals surface area contributed by atoms with Crippen molar-refractivity contribution in [2.24, 2.45) is 0 Å². The lowest BCUT2D eigenvalue weighted by atomic mass is 10.1. The van der Waals surface area contributed by atoms with E-state index in [0.717, 1.165) is 0 Å². The summed E-state index contributed by atoms with van der Waals surface area (Å²) in [6, 6.07) is 0. The molecular formula is C14H27NO. The number of likely N-dealkylation sites (tertiary alicyclic amines) is 1. The Morgan fingerprint density at radius 1 is 0.938 bits per heavy atom. The van der Waals surface area contributed by atoms with E-state index in [0.29, 0.717) is 12.2 Å². The monoisotopic (exact) mass is 225 g/mol. The third-order valence-corrected chi connectivity index (χ3v) is 3.95. The van der Waals surface area contributed by atoms with Gasteiger partial charge >= 0.3 is 0 Å². The van der Waals surface area contributed by atoms with Gasteiger partial charge < -0.3 is 4.74 Å². The van der Waals surface area contributed by atoms with Crippen molar-refractivity contribution in [1.82, 2.24) is 4.90 Å². The standard InChI is InChI=1S/C14H27NO/c1-2-3-4-5-6-7-10-15-11-13-8-9-14(12-15)16-13/h13-14H,2-12H2,1H3. The fourth-order valence-electron chi connectivity index (χ4n) is 3.00. The minimum absolute atomic E-state index is 0.568. The van der Waals surface area contributed by atoms with Gasteiger partial charge in [0.1, 0.15) is 0 Å². The van der Waals surface area contributed by atoms with Crippen molar-refractivity contribution < 1.29 is 4.74 Å². The van der Waals surface area contributed by atoms with Crippen LogP contribution in [0.25, 0.3) is 0 Å². The van der Waals surface area contributed by atoms with Crippen LogP contribution < -0.4 is 0 Å². The summed E-state index contributed by atoms with van der Waals surface area (Å²) in [5.74, 6) is 0. The number of unbranched alkanes of at least 4 members (excludes halogenated alkanes) is 5. The molecular weight excluding hydrogens is 198 g/mol. The molecule has 0 aliphatic carbocycles. The third-order valence-electron chi connectivity index (χ3n) is 3.95. The van der Waals surface area contributed by atoms with Gasteiger partial charge in [-0.15, -0.1) is 0 Å². The molecule has 0 aromatic carbocycles. The van der Waals surface area contributed by atoms with Crippen LogP contribution in [0.15, 0.2) is 0 Å². The van der Waals surface area contributed by atoms with Crippen LogP contribution >= 0.6 is 0 Å². The summed E-state index contributed by atoms with van der Waals surface area (Å²) in [5.41, 5.74) is 0. The van der Waals surface area contributed by atoms with Crippen molar-refractivity contribution in [2.45, 2.75) is 70.5 Å². The van der Waals surface area contributed by atoms with E-state index in [2.05, 4.69) is 11.8 Å². The van der Waals surface area contributed by atoms with Gasteiger partial charge in [0.05, 0.1) is 12.2 Å². The number of ether oxygens (including phenoxy) is 1. The maximum absolute atomic E-state index is 5.85. The predicted octanol–water partition coefficient (Wildman–Crippen LogP) is 3.21. The Bertz CT molecular complexity index is 183. The molecule has 2 fully saturated rings. The van der Waals surface area contributed by atoms with E-state index in [1.54, 1.807) is 0 Å². The van der Waals surface area contributed by atoms with Crippen LogP contribution in [0.4, 0.5) is 0 Å². The van der Waals surface area contributed by atoms with Gasteiger partial charge in [0.15, 0.2) is 0 Å². The Kier molecular flexibility index (Phi) is 5.11. The predicted molar refractivity (Wildman–Crippen MR) is 67.7 cm³/mol. The highest BCUT2D eigenvalue weighted by atomic mass is 16.5. The molecule has 2 heterocycles. The Hall–Kier alpha value is -0.0800. The lowest BCUT2D eigenvalue weighted by Gasteiger charge is -2.32. The minimum Gasteiger partial charge on any atom is -0.372 e. The molecule has 0 amide bonds. The summed E-state index contributed by atoms with van der Waals surface area (Å²) < 4.78 is 5.85. The zero-order valence-corrected chi connectivity index (χ0v) is 10.8. The van der Waals surface area contributed by atoms with Crippen LogP contribution in [-0.4, -0.2) is 36.7 Å². The summed E-state index contributed by atoms with van der Waals surface area (Å²) in [7, 11) is 0. The number of nitrogens with zero attached hydrogens (tertiary/aromatic N) is 1. The average molecular weight is 225 g/mol. The zero-order chi connectivity index (χ0) is 11.2. The lowest BCUT2D eigenvalue weighted by Crippen LogP contribution is -2.42. The van der Waals surface area contributed by atoms with Crippen molar-refractivity contribution in [3.63, 3.8) is 0 Å². The maximum Gasteiger partial charge on any atom is 0.0707 e. The molecule has 2 aliphatic rings. The van der Waals surface area contributed by atoms with E-state index in [1.165, 1.54) is 71.0 Å². The molecule has 16 heavy (non-hydrogen) atoms. The lowest BCUT2D eigenvalue weighted by molar-refractivity contribution is -0.0385. The molecule has 2 atom stereocenters. The Labute approximate surface area is 100 Å². The van der Waals surface area contributed by atoms with Crippen LogP contribution in [-0.2, 0) is 4.74 Å². The number of hydrogen-bond acceptors (Lipinski definition) is 2. The van der Waals surface area contributed by atoms with Gasteiger partial charge in [-0.25, -0.2) is 0 Å². The van der Waals surface area contributed by atoms with Crippen molar-refractivity contribution in [2.75, 3.05) is 19.6 Å². The molecule has 0 saturated carbocycles. The Morgan fingerprint density at radius 2 is 1.56 bits per heavy atom. The van der Waals surface area contributed by atoms with Crippen molar-refractivity contribution >= 4 is 0 Å². The average Bonchev–Trinajstić information content (AvgIpc) is 2.63. The number of fused-ring (bicyclic) bond motifs is 2. The maximum atomic E-state index is 5.85. The van der Waals surface area contributed by atoms with Crippen molar-refractivity contribution in [1.29, 1.82) is 0 Å². The van der Waals surface area contributed by atoms with Gasteiger partial charge in [0.2, 0.25) is 0 Å². The van der Waals surface area contributed by atoms with Crippen molar-refractivity contribution in [3.05, 3.63) is 0 Å². The van der Waals surface area contributed by atoms with Gasteiger partial charge in [0, 0.05) is 13.1 Å². The first-order valence-corrected chi connectivity index (χ1v) is 7.26. The van der Waals surface area contributed by atoms with E-state index in [-0.39, 0.29) is 0 Å². The fraction of sp³-hybridized carbons (Fsp3) is 1.00. The van der Waals surface area contributed by atoms with Gasteiger partial charge in [-0.05, 0) is 25.8 Å². The van der Waals surface area contributed by atoms with E-state index < -0.39 is 0 Å². The molecule has 2 unspecified atom stereocenters. The van der Waals surface area contributed by atoms with E-state index in [1.807, 2.05) is 0 Å². The summed E-state index contributed by atoms with van der Waals surface area (Å²) >= 11 is 0. The number of hydrogen-bond donors (Lipinski definition) is 0. The first-order chi connectivity index (χ1) is 7.88. The minimum atomic E-state index is 0.568. The second-order valence-electron chi connectivity index (χ2n) is 5.48. The first-order valence-electron chi connectivity index (χ1n) is 7.26. The van der Waals surface area contributed by atoms with E-state index in [4.69, 9.17) is 4.74 Å². The zero-order valence-electron chi connectivity index (χ0n) is 10.8. The van der Waals surface area contributed by atoms with Gasteiger partial charge in [-0.2, -0.15) is 0 Å². The molecule has 2 saturated heterocycles. The normalized spacial score (nSPS) is 29.8. The topological polar surface area (TPSA) is 12.5 Å². The molecule has 0 radical (unpaired) electrons. The third kappa shape index (κ3) is 3.74. The van der Waals surface area contributed by atoms with Gasteiger partial charge in [0.25, 0.3) is 0 Å². The highest BCUT2D eigenvalue weighted by molar-refractivity contribution is 4.84. The molecule has 94 valence electrons. The first kappa shape index (κ1) is 12.4. The molecule has 2 nitrogen and oxygen atoms in total. The quantitative estimate of drug-likeness (QED) is 0.617. The smallest absolute Gasteiger partial charge is 0.0707 e. The molecule has 0 aromatic rings. The Balaban J connectivity index is 1.50. The summed E-state index contributed by atoms with van der Waals surface area (Å²) in [4.78, 5) is 2.63. The highest BCUT2D eigenvalue weighted by Crippen LogP contribution is 2.26. The molecule has 2 heteroatoms. The van der Waals surface area contributed by atoms with Crippen LogP contribution in [0.5, 0.6) is 0 Å². The molecule has 0 spiro atoms. The summed E-state index contributed by atoms with van der Waals surface area (Å²) in [6.45, 7) is 5.99. The van der Waals surface area contributed by atoms with Gasteiger partial charge in [-0.1, -0.05) is 39.0 Å². The van der Waals surface area contributed by atoms with Crippen LogP contribution in [0.3, 0.4) is 0 Å². The SMILES string of the molecule is CCCCCCCCN1CC2CCC(C1)O2. The molecule has 0 N–H and O–H groups in total.